The molecular weight excluding hydrogens is 232 g/mol. The molecule has 2 rings (SSSR count). The van der Waals surface area contributed by atoms with Crippen molar-refractivity contribution in [1.29, 1.82) is 5.41 Å². The van der Waals surface area contributed by atoms with Crippen LogP contribution in [0.4, 0.5) is 11.4 Å². The Labute approximate surface area is 105 Å². The van der Waals surface area contributed by atoms with Gasteiger partial charge in [0.05, 0.1) is 4.92 Å². The van der Waals surface area contributed by atoms with Crippen molar-refractivity contribution in [3.05, 3.63) is 33.9 Å². The van der Waals surface area contributed by atoms with E-state index in [0.29, 0.717) is 11.6 Å². The van der Waals surface area contributed by atoms with E-state index < -0.39 is 4.92 Å². The summed E-state index contributed by atoms with van der Waals surface area (Å²) in [6, 6.07) is 4.76. The van der Waals surface area contributed by atoms with Crippen LogP contribution < -0.4 is 11.1 Å². The predicted octanol–water partition coefficient (Wildman–Crippen LogP) is 2.03. The van der Waals surface area contributed by atoms with Gasteiger partial charge >= 0.3 is 0 Å². The summed E-state index contributed by atoms with van der Waals surface area (Å²) in [7, 11) is 0. The molecule has 0 atom stereocenters. The van der Waals surface area contributed by atoms with E-state index in [4.69, 9.17) is 11.1 Å². The molecule has 6 nitrogen and oxygen atoms in total. The van der Waals surface area contributed by atoms with E-state index in [1.54, 1.807) is 6.07 Å². The minimum absolute atomic E-state index is 0.123. The number of anilines is 1. The summed E-state index contributed by atoms with van der Waals surface area (Å²) in [5, 5.41) is 21.8. The number of nitrogens with two attached hydrogens (primary N) is 1. The van der Waals surface area contributed by atoms with Gasteiger partial charge in [0.25, 0.3) is 5.69 Å². The Bertz CT molecular complexity index is 481. The minimum atomic E-state index is -0.526. The van der Waals surface area contributed by atoms with Crippen LogP contribution >= 0.6 is 0 Å². The fourth-order valence-corrected chi connectivity index (χ4v) is 2.21. The average Bonchev–Trinajstić information content (AvgIpc) is 2.81. The van der Waals surface area contributed by atoms with Crippen LogP contribution in [-0.2, 0) is 0 Å². The zero-order valence-electron chi connectivity index (χ0n) is 9.98. The zero-order chi connectivity index (χ0) is 13.1. The Morgan fingerprint density at radius 2 is 2.11 bits per heavy atom. The van der Waals surface area contributed by atoms with E-state index in [9.17, 15) is 10.1 Å². The van der Waals surface area contributed by atoms with Crippen molar-refractivity contribution in [2.75, 3.05) is 5.73 Å². The first kappa shape index (κ1) is 12.3. The van der Waals surface area contributed by atoms with Crippen LogP contribution in [0.2, 0.25) is 0 Å². The summed E-state index contributed by atoms with van der Waals surface area (Å²) < 4.78 is 0. The maximum atomic E-state index is 10.8. The topological polar surface area (TPSA) is 105 Å². The molecule has 1 aromatic rings. The van der Waals surface area contributed by atoms with Crippen molar-refractivity contribution in [3.8, 4) is 0 Å². The summed E-state index contributed by atoms with van der Waals surface area (Å²) in [6.45, 7) is 0. The highest BCUT2D eigenvalue weighted by molar-refractivity contribution is 5.97. The third kappa shape index (κ3) is 2.58. The van der Waals surface area contributed by atoms with Gasteiger partial charge in [0.2, 0.25) is 0 Å². The first-order valence-corrected chi connectivity index (χ1v) is 5.97. The smallest absolute Gasteiger partial charge is 0.292 e. The normalized spacial score (nSPS) is 15.6. The molecule has 0 bridgehead atoms. The quantitative estimate of drug-likeness (QED) is 0.250. The van der Waals surface area contributed by atoms with Crippen molar-refractivity contribution in [2.45, 2.75) is 31.7 Å². The second-order valence-electron chi connectivity index (χ2n) is 4.53. The third-order valence-electron chi connectivity index (χ3n) is 3.22. The van der Waals surface area contributed by atoms with Crippen molar-refractivity contribution in [1.82, 2.24) is 5.32 Å². The second kappa shape index (κ2) is 5.03. The molecule has 0 saturated heterocycles. The van der Waals surface area contributed by atoms with Gasteiger partial charge < -0.3 is 11.1 Å². The summed E-state index contributed by atoms with van der Waals surface area (Å²) in [4.78, 5) is 10.2. The van der Waals surface area contributed by atoms with Gasteiger partial charge in [0, 0.05) is 17.7 Å². The Morgan fingerprint density at radius 1 is 1.44 bits per heavy atom. The van der Waals surface area contributed by atoms with E-state index in [0.717, 1.165) is 12.8 Å². The van der Waals surface area contributed by atoms with Gasteiger partial charge in [0.15, 0.2) is 0 Å². The molecule has 1 aromatic carbocycles. The predicted molar refractivity (Wildman–Crippen MR) is 69.7 cm³/mol. The van der Waals surface area contributed by atoms with Gasteiger partial charge in [-0.05, 0) is 25.0 Å². The maximum Gasteiger partial charge on any atom is 0.292 e. The molecule has 0 aromatic heterocycles. The van der Waals surface area contributed by atoms with E-state index in [1.807, 2.05) is 0 Å². The second-order valence-corrected chi connectivity index (χ2v) is 4.53. The molecule has 0 spiro atoms. The van der Waals surface area contributed by atoms with Crippen LogP contribution in [0.25, 0.3) is 0 Å². The molecule has 0 aliphatic heterocycles. The fraction of sp³-hybridized carbons (Fsp3) is 0.417. The monoisotopic (exact) mass is 248 g/mol. The lowest BCUT2D eigenvalue weighted by Gasteiger charge is -2.14. The first-order chi connectivity index (χ1) is 8.58. The van der Waals surface area contributed by atoms with Crippen LogP contribution in [0.1, 0.15) is 31.2 Å². The molecule has 0 amide bonds. The van der Waals surface area contributed by atoms with Crippen LogP contribution in [0.3, 0.4) is 0 Å². The van der Waals surface area contributed by atoms with Crippen LogP contribution in [0, 0.1) is 15.5 Å². The molecule has 0 heterocycles. The first-order valence-electron chi connectivity index (χ1n) is 5.97. The molecule has 1 aliphatic rings. The number of benzene rings is 1. The van der Waals surface area contributed by atoms with Crippen molar-refractivity contribution < 1.29 is 4.92 Å². The van der Waals surface area contributed by atoms with Crippen molar-refractivity contribution in [3.63, 3.8) is 0 Å². The summed E-state index contributed by atoms with van der Waals surface area (Å²) in [5.74, 6) is 0.227. The average molecular weight is 248 g/mol. The number of amidine groups is 1. The summed E-state index contributed by atoms with van der Waals surface area (Å²) >= 11 is 0. The zero-order valence-corrected chi connectivity index (χ0v) is 9.98. The molecule has 1 aliphatic carbocycles. The lowest BCUT2D eigenvalue weighted by atomic mass is 10.1. The van der Waals surface area contributed by atoms with Gasteiger partial charge in [0.1, 0.15) is 11.5 Å². The molecule has 18 heavy (non-hydrogen) atoms. The number of nitrogen functional groups attached to an aromatic ring is 1. The van der Waals surface area contributed by atoms with E-state index in [1.165, 1.54) is 25.0 Å². The highest BCUT2D eigenvalue weighted by atomic mass is 16.6. The summed E-state index contributed by atoms with van der Waals surface area (Å²) in [5.41, 5.74) is 6.00. The van der Waals surface area contributed by atoms with E-state index in [-0.39, 0.29) is 17.2 Å². The van der Waals surface area contributed by atoms with Crippen LogP contribution in [-0.4, -0.2) is 16.8 Å². The molecule has 6 heteroatoms. The number of nitrogens with one attached hydrogen (secondary N) is 2. The molecular formula is C12H16N4O2. The van der Waals surface area contributed by atoms with E-state index in [2.05, 4.69) is 5.32 Å². The third-order valence-corrected chi connectivity index (χ3v) is 3.22. The van der Waals surface area contributed by atoms with Gasteiger partial charge in [-0.15, -0.1) is 0 Å². The SMILES string of the molecule is N=C(NC1CCCC1)c1ccc(N)c([N+](=O)[O-])c1. The van der Waals surface area contributed by atoms with Crippen molar-refractivity contribution >= 4 is 17.2 Å². The Hall–Kier alpha value is -2.11. The largest absolute Gasteiger partial charge is 0.393 e. The number of nitro groups is 1. The Balaban J connectivity index is 2.14. The number of nitrogens with zero attached hydrogens (tertiary/aromatic N) is 1. The van der Waals surface area contributed by atoms with E-state index >= 15 is 0 Å². The molecule has 1 saturated carbocycles. The highest BCUT2D eigenvalue weighted by Gasteiger charge is 2.18. The molecule has 4 N–H and O–H groups in total. The van der Waals surface area contributed by atoms with Crippen LogP contribution in [0.5, 0.6) is 0 Å². The highest BCUT2D eigenvalue weighted by Crippen LogP contribution is 2.23. The Morgan fingerprint density at radius 3 is 2.72 bits per heavy atom. The fourth-order valence-electron chi connectivity index (χ4n) is 2.21. The molecule has 1 fully saturated rings. The number of hydrogen-bond acceptors (Lipinski definition) is 4. The summed E-state index contributed by atoms with van der Waals surface area (Å²) in [6.07, 6.45) is 4.46. The van der Waals surface area contributed by atoms with Crippen molar-refractivity contribution in [2.24, 2.45) is 0 Å². The van der Waals surface area contributed by atoms with Gasteiger partial charge in [-0.25, -0.2) is 0 Å². The van der Waals surface area contributed by atoms with Gasteiger partial charge in [-0.2, -0.15) is 0 Å². The standard InChI is InChI=1S/C12H16N4O2/c13-10-6-5-8(7-11(10)16(17)18)12(14)15-9-3-1-2-4-9/h5-7,9H,1-4,13H2,(H2,14,15). The minimum Gasteiger partial charge on any atom is -0.393 e. The number of hydrogen-bond donors (Lipinski definition) is 3. The lowest BCUT2D eigenvalue weighted by molar-refractivity contribution is -0.383. The Kier molecular flexibility index (Phi) is 3.45. The van der Waals surface area contributed by atoms with Crippen LogP contribution in [0.15, 0.2) is 18.2 Å². The number of nitro benzene ring substituents is 1. The molecule has 0 unspecified atom stereocenters. The lowest BCUT2D eigenvalue weighted by Crippen LogP contribution is -2.32. The molecule has 0 radical (unpaired) electrons. The molecule has 96 valence electrons. The number of rotatable bonds is 3. The van der Waals surface area contributed by atoms with Gasteiger partial charge in [-0.3, -0.25) is 15.5 Å². The maximum absolute atomic E-state index is 10.8. The van der Waals surface area contributed by atoms with Gasteiger partial charge in [-0.1, -0.05) is 12.8 Å².